The molecule has 2 saturated heterocycles. The molecule has 7 nitrogen and oxygen atoms in total. The summed E-state index contributed by atoms with van der Waals surface area (Å²) in [5.41, 5.74) is -3.67. The number of carbonyl (C=O) groups excluding carboxylic acids is 2. The molecule has 0 aromatic carbocycles. The second-order valence-corrected chi connectivity index (χ2v) is 7.80. The highest BCUT2D eigenvalue weighted by molar-refractivity contribution is 6.03. The number of epoxide rings is 1. The molecule has 1 amide bonds. The number of nitrogens with zero attached hydrogens (tertiary/aromatic N) is 1. The second kappa shape index (κ2) is 5.48. The monoisotopic (exact) mass is 391 g/mol. The minimum atomic E-state index is -1.61. The van der Waals surface area contributed by atoms with Gasteiger partial charge in [0.15, 0.2) is 17.3 Å². The SMILES string of the molecule is COC12C=CC(=O)C=C1C13OC14C(C)CC(=O)C3C#C/C=C/C#CC4N2C(=O)O. The predicted octanol–water partition coefficient (Wildman–Crippen LogP) is 1.07. The fourth-order valence-corrected chi connectivity index (χ4v) is 5.51. The second-order valence-electron chi connectivity index (χ2n) is 7.80. The van der Waals surface area contributed by atoms with E-state index in [0.29, 0.717) is 5.57 Å². The van der Waals surface area contributed by atoms with Crippen molar-refractivity contribution in [2.24, 2.45) is 11.8 Å². The van der Waals surface area contributed by atoms with Crippen LogP contribution in [-0.4, -0.2) is 57.7 Å². The quantitative estimate of drug-likeness (QED) is 0.531. The summed E-state index contributed by atoms with van der Waals surface area (Å²) in [6.07, 6.45) is 5.97. The van der Waals surface area contributed by atoms with Crippen LogP contribution < -0.4 is 0 Å². The van der Waals surface area contributed by atoms with Gasteiger partial charge in [-0.1, -0.05) is 30.6 Å². The fraction of sp³-hybridized carbons (Fsp3) is 0.409. The first-order valence-electron chi connectivity index (χ1n) is 9.28. The van der Waals surface area contributed by atoms with Gasteiger partial charge in [0.05, 0.1) is 0 Å². The van der Waals surface area contributed by atoms with Crippen molar-refractivity contribution in [3.63, 3.8) is 0 Å². The van der Waals surface area contributed by atoms with E-state index in [1.165, 1.54) is 37.5 Å². The van der Waals surface area contributed by atoms with Gasteiger partial charge in [0.25, 0.3) is 0 Å². The number of carboxylic acid groups (broad SMARTS) is 1. The summed E-state index contributed by atoms with van der Waals surface area (Å²) in [5.74, 6) is 10.1. The van der Waals surface area contributed by atoms with Gasteiger partial charge < -0.3 is 14.6 Å². The molecule has 3 aliphatic carbocycles. The van der Waals surface area contributed by atoms with Gasteiger partial charge in [-0.25, -0.2) is 4.79 Å². The van der Waals surface area contributed by atoms with Crippen molar-refractivity contribution in [1.82, 2.24) is 4.90 Å². The van der Waals surface area contributed by atoms with E-state index in [0.717, 1.165) is 4.90 Å². The molecular weight excluding hydrogens is 374 g/mol. The number of hydrogen-bond donors (Lipinski definition) is 1. The van der Waals surface area contributed by atoms with Gasteiger partial charge in [0, 0.05) is 19.1 Å². The number of ketones is 2. The number of allylic oxidation sites excluding steroid dienone is 4. The van der Waals surface area contributed by atoms with Crippen LogP contribution in [0.3, 0.4) is 0 Å². The Balaban J connectivity index is 1.90. The predicted molar refractivity (Wildman–Crippen MR) is 99.1 cm³/mol. The zero-order chi connectivity index (χ0) is 20.6. The number of methoxy groups -OCH3 is 1. The third-order valence-corrected chi connectivity index (χ3v) is 6.62. The van der Waals surface area contributed by atoms with Crippen molar-refractivity contribution in [2.45, 2.75) is 36.3 Å². The summed E-state index contributed by atoms with van der Waals surface area (Å²) >= 11 is 0. The molecule has 3 fully saturated rings. The third kappa shape index (κ3) is 1.85. The van der Waals surface area contributed by atoms with Crippen LogP contribution in [0.5, 0.6) is 0 Å². The van der Waals surface area contributed by atoms with Crippen LogP contribution in [0.2, 0.25) is 0 Å². The highest BCUT2D eigenvalue weighted by Gasteiger charge is 2.89. The lowest BCUT2D eigenvalue weighted by atomic mass is 9.56. The zero-order valence-corrected chi connectivity index (χ0v) is 15.8. The summed E-state index contributed by atoms with van der Waals surface area (Å²) in [5, 5.41) is 10.2. The summed E-state index contributed by atoms with van der Waals surface area (Å²) in [6, 6.07) is -0.912. The van der Waals surface area contributed by atoms with Gasteiger partial charge in [0.1, 0.15) is 23.2 Å². The van der Waals surface area contributed by atoms with Crippen molar-refractivity contribution >= 4 is 17.7 Å². The van der Waals surface area contributed by atoms with Gasteiger partial charge in [-0.05, 0) is 36.3 Å². The van der Waals surface area contributed by atoms with Crippen molar-refractivity contribution in [3.8, 4) is 23.7 Å². The molecule has 0 aromatic heterocycles. The molecule has 5 rings (SSSR count). The molecule has 146 valence electrons. The lowest BCUT2D eigenvalue weighted by Crippen LogP contribution is -2.72. The van der Waals surface area contributed by atoms with E-state index < -0.39 is 35.0 Å². The summed E-state index contributed by atoms with van der Waals surface area (Å²) in [7, 11) is 1.36. The van der Waals surface area contributed by atoms with Crippen LogP contribution in [0.1, 0.15) is 13.3 Å². The number of hydrogen-bond acceptors (Lipinski definition) is 5. The lowest BCUT2D eigenvalue weighted by molar-refractivity contribution is -0.131. The molecule has 1 saturated carbocycles. The van der Waals surface area contributed by atoms with E-state index in [1.54, 1.807) is 0 Å². The number of carbonyl (C=O) groups is 3. The molecule has 7 heteroatoms. The smallest absolute Gasteiger partial charge is 0.411 e. The normalized spacial score (nSPS) is 44.1. The van der Waals surface area contributed by atoms with Crippen LogP contribution >= 0.6 is 0 Å². The molecule has 5 aliphatic rings. The number of Topliss-reactive ketones (excluding diaryl/α,β-unsaturated/α-hetero) is 1. The Hall–Kier alpha value is -3.13. The van der Waals surface area contributed by atoms with Crippen LogP contribution in [-0.2, 0) is 19.1 Å². The number of ether oxygens (including phenoxy) is 2. The standard InChI is InChI=1S/C22H17NO6/c1-13-11-16(25)15-7-5-3-4-6-8-18-21(13)22(15,29-21)17-12-14(24)9-10-20(17,28-2)23(18)19(26)27/h3-4,9-10,12-13,15,18H,11H2,1-2H3,(H,26,27)/b4-3+. The highest BCUT2D eigenvalue weighted by Crippen LogP contribution is 2.72. The molecular formula is C22H17NO6. The summed E-state index contributed by atoms with van der Waals surface area (Å²) in [4.78, 5) is 38.9. The number of likely N-dealkylation sites (tertiary alicyclic amines) is 1. The summed E-state index contributed by atoms with van der Waals surface area (Å²) in [6.45, 7) is 1.85. The number of piperidine rings is 1. The molecule has 0 radical (unpaired) electrons. The number of fused-ring (bicyclic) bond motifs is 1. The third-order valence-electron chi connectivity index (χ3n) is 6.62. The number of amides is 1. The Morgan fingerprint density at radius 3 is 2.72 bits per heavy atom. The van der Waals surface area contributed by atoms with E-state index in [1.807, 2.05) is 6.92 Å². The zero-order valence-electron chi connectivity index (χ0n) is 15.8. The lowest BCUT2D eigenvalue weighted by Gasteiger charge is -2.54. The van der Waals surface area contributed by atoms with Crippen molar-refractivity contribution in [1.29, 1.82) is 0 Å². The molecule has 2 aliphatic heterocycles. The molecule has 0 spiro atoms. The van der Waals surface area contributed by atoms with E-state index >= 15 is 0 Å². The highest BCUT2D eigenvalue weighted by atomic mass is 16.6. The van der Waals surface area contributed by atoms with Gasteiger partial charge in [0.2, 0.25) is 0 Å². The van der Waals surface area contributed by atoms with Crippen LogP contribution in [0.4, 0.5) is 4.79 Å². The van der Waals surface area contributed by atoms with Gasteiger partial charge in [-0.3, -0.25) is 14.5 Å². The van der Waals surface area contributed by atoms with Gasteiger partial charge in [-0.15, -0.1) is 0 Å². The van der Waals surface area contributed by atoms with Crippen molar-refractivity contribution in [2.75, 3.05) is 7.11 Å². The summed E-state index contributed by atoms with van der Waals surface area (Å²) < 4.78 is 12.1. The Morgan fingerprint density at radius 2 is 2.03 bits per heavy atom. The maximum atomic E-state index is 13.0. The molecule has 0 aromatic rings. The van der Waals surface area contributed by atoms with E-state index in [4.69, 9.17) is 9.47 Å². The van der Waals surface area contributed by atoms with Gasteiger partial charge in [-0.2, -0.15) is 0 Å². The van der Waals surface area contributed by atoms with Gasteiger partial charge >= 0.3 is 6.09 Å². The first kappa shape index (κ1) is 17.9. The first-order chi connectivity index (χ1) is 13.8. The molecule has 6 unspecified atom stereocenters. The molecule has 1 N–H and O–H groups in total. The minimum absolute atomic E-state index is 0.101. The number of rotatable bonds is 1. The van der Waals surface area contributed by atoms with Crippen molar-refractivity contribution in [3.05, 3.63) is 36.0 Å². The maximum absolute atomic E-state index is 13.0. The molecule has 29 heavy (non-hydrogen) atoms. The van der Waals surface area contributed by atoms with Crippen molar-refractivity contribution < 1.29 is 29.0 Å². The van der Waals surface area contributed by atoms with E-state index in [-0.39, 0.29) is 23.9 Å². The topological polar surface area (TPSA) is 96.4 Å². The molecule has 4 bridgehead atoms. The fourth-order valence-electron chi connectivity index (χ4n) is 5.51. The van der Waals surface area contributed by atoms with Crippen LogP contribution in [0.15, 0.2) is 36.0 Å². The van der Waals surface area contributed by atoms with E-state index in [2.05, 4.69) is 23.7 Å². The maximum Gasteiger partial charge on any atom is 0.411 e. The van der Waals surface area contributed by atoms with Crippen LogP contribution in [0, 0.1) is 35.5 Å². The first-order valence-corrected chi connectivity index (χ1v) is 9.28. The Kier molecular flexibility index (Phi) is 3.39. The van der Waals surface area contributed by atoms with E-state index in [9.17, 15) is 19.5 Å². The minimum Gasteiger partial charge on any atom is -0.465 e. The van der Waals surface area contributed by atoms with Crippen LogP contribution in [0.25, 0.3) is 0 Å². The molecule has 6 atom stereocenters. The molecule has 2 heterocycles. The average Bonchev–Trinajstić information content (AvgIpc) is 3.39. The average molecular weight is 391 g/mol. The Morgan fingerprint density at radius 1 is 1.31 bits per heavy atom. The largest absolute Gasteiger partial charge is 0.465 e. The Bertz CT molecular complexity index is 1090. The Labute approximate surface area is 167 Å².